The molecule has 0 aliphatic heterocycles. The first-order valence-electron chi connectivity index (χ1n) is 9.37. The molecule has 0 aliphatic rings. The molecule has 0 saturated heterocycles. The molecule has 0 bridgehead atoms. The summed E-state index contributed by atoms with van der Waals surface area (Å²) in [7, 11) is 0. The molecule has 0 saturated carbocycles. The molecule has 0 atom stereocenters. The van der Waals surface area contributed by atoms with Crippen molar-refractivity contribution in [2.24, 2.45) is 0 Å². The first-order valence-corrected chi connectivity index (χ1v) is 9.75. The van der Waals surface area contributed by atoms with Crippen LogP contribution in [-0.4, -0.2) is 9.94 Å². The van der Waals surface area contributed by atoms with Crippen LogP contribution < -0.4 is 5.56 Å². The van der Waals surface area contributed by atoms with Crippen molar-refractivity contribution in [3.63, 3.8) is 0 Å². The van der Waals surface area contributed by atoms with Gasteiger partial charge in [-0.3, -0.25) is 4.79 Å². The van der Waals surface area contributed by atoms with Gasteiger partial charge in [0.25, 0.3) is 5.56 Å². The maximum Gasteiger partial charge on any atom is 0.286 e. The Labute approximate surface area is 174 Å². The third-order valence-electron chi connectivity index (χ3n) is 5.02. The van der Waals surface area contributed by atoms with E-state index in [4.69, 9.17) is 11.6 Å². The van der Waals surface area contributed by atoms with E-state index in [0.29, 0.717) is 21.7 Å². The predicted octanol–water partition coefficient (Wildman–Crippen LogP) is 5.97. The Balaban J connectivity index is 1.65. The van der Waals surface area contributed by atoms with E-state index in [-0.39, 0.29) is 0 Å². The molecular formula is C25H20ClNO2. The van der Waals surface area contributed by atoms with Crippen molar-refractivity contribution in [2.75, 3.05) is 0 Å². The number of rotatable bonds is 4. The zero-order valence-corrected chi connectivity index (χ0v) is 16.7. The summed E-state index contributed by atoms with van der Waals surface area (Å²) in [6.45, 7) is 1.93. The molecule has 0 radical (unpaired) electrons. The fourth-order valence-electron chi connectivity index (χ4n) is 3.40. The molecule has 29 heavy (non-hydrogen) atoms. The maximum atomic E-state index is 12.5. The van der Waals surface area contributed by atoms with Crippen molar-refractivity contribution < 1.29 is 5.21 Å². The highest BCUT2D eigenvalue weighted by molar-refractivity contribution is 6.31. The van der Waals surface area contributed by atoms with Crippen LogP contribution in [0, 0.1) is 6.92 Å². The molecule has 0 spiro atoms. The van der Waals surface area contributed by atoms with Crippen LogP contribution in [0.1, 0.15) is 16.7 Å². The normalized spacial score (nSPS) is 10.8. The van der Waals surface area contributed by atoms with E-state index in [1.807, 2.05) is 61.5 Å². The first kappa shape index (κ1) is 19.0. The van der Waals surface area contributed by atoms with Crippen LogP contribution in [0.2, 0.25) is 5.02 Å². The summed E-state index contributed by atoms with van der Waals surface area (Å²) < 4.78 is 0.660. The van der Waals surface area contributed by atoms with Crippen molar-refractivity contribution >= 4 is 11.6 Å². The van der Waals surface area contributed by atoms with Gasteiger partial charge in [0.05, 0.1) is 6.20 Å². The van der Waals surface area contributed by atoms with Gasteiger partial charge in [-0.2, -0.15) is 4.73 Å². The molecule has 0 unspecified atom stereocenters. The molecule has 3 aromatic carbocycles. The molecule has 0 amide bonds. The Morgan fingerprint density at radius 3 is 2.17 bits per heavy atom. The lowest BCUT2D eigenvalue weighted by atomic mass is 9.99. The minimum absolute atomic E-state index is 0.411. The summed E-state index contributed by atoms with van der Waals surface area (Å²) in [4.78, 5) is 12.5. The fourth-order valence-corrected chi connectivity index (χ4v) is 3.52. The first-order chi connectivity index (χ1) is 14.0. The third-order valence-corrected chi connectivity index (χ3v) is 5.44. The number of pyridine rings is 1. The summed E-state index contributed by atoms with van der Waals surface area (Å²) in [5.41, 5.74) is 6.01. The summed E-state index contributed by atoms with van der Waals surface area (Å²) >= 11 is 6.12. The van der Waals surface area contributed by atoms with E-state index in [1.165, 1.54) is 6.20 Å². The number of hydrogen-bond acceptors (Lipinski definition) is 2. The number of aromatic nitrogens is 1. The summed E-state index contributed by atoms with van der Waals surface area (Å²) in [6.07, 6.45) is 1.88. The molecule has 1 aromatic heterocycles. The number of benzene rings is 3. The van der Waals surface area contributed by atoms with E-state index in [1.54, 1.807) is 0 Å². The smallest absolute Gasteiger partial charge is 0.286 e. The van der Waals surface area contributed by atoms with Crippen molar-refractivity contribution in [2.45, 2.75) is 13.3 Å². The topological polar surface area (TPSA) is 42.2 Å². The quantitative estimate of drug-likeness (QED) is 0.428. The Morgan fingerprint density at radius 1 is 0.828 bits per heavy atom. The van der Waals surface area contributed by atoms with Crippen molar-refractivity contribution in [3.8, 4) is 22.3 Å². The Kier molecular flexibility index (Phi) is 5.24. The minimum Gasteiger partial charge on any atom is -0.425 e. The molecule has 3 nitrogen and oxygen atoms in total. The van der Waals surface area contributed by atoms with Gasteiger partial charge in [-0.05, 0) is 52.9 Å². The molecule has 144 valence electrons. The van der Waals surface area contributed by atoms with Crippen LogP contribution in [0.15, 0.2) is 89.9 Å². The van der Waals surface area contributed by atoms with Crippen molar-refractivity contribution in [1.82, 2.24) is 4.73 Å². The molecule has 1 N–H and O–H groups in total. The average Bonchev–Trinajstić information content (AvgIpc) is 2.74. The van der Waals surface area contributed by atoms with E-state index < -0.39 is 5.56 Å². The second kappa shape index (κ2) is 7.98. The third kappa shape index (κ3) is 4.10. The highest BCUT2D eigenvalue weighted by Gasteiger charge is 2.10. The molecule has 4 rings (SSSR count). The number of aryl methyl sites for hydroxylation is 1. The van der Waals surface area contributed by atoms with Crippen molar-refractivity contribution in [3.05, 3.63) is 117 Å². The molecular weight excluding hydrogens is 382 g/mol. The monoisotopic (exact) mass is 401 g/mol. The fraction of sp³-hybridized carbons (Fsp3) is 0.0800. The lowest BCUT2D eigenvalue weighted by molar-refractivity contribution is 0.174. The molecule has 1 heterocycles. The summed E-state index contributed by atoms with van der Waals surface area (Å²) in [5.74, 6) is 0. The van der Waals surface area contributed by atoms with Crippen LogP contribution in [0.25, 0.3) is 22.3 Å². The van der Waals surface area contributed by atoms with Gasteiger partial charge in [-0.15, -0.1) is 0 Å². The van der Waals surface area contributed by atoms with Crippen molar-refractivity contribution in [1.29, 1.82) is 0 Å². The average molecular weight is 402 g/mol. The van der Waals surface area contributed by atoms with Gasteiger partial charge in [0.1, 0.15) is 0 Å². The van der Waals surface area contributed by atoms with Gasteiger partial charge in [0.2, 0.25) is 0 Å². The number of halogens is 1. The Hall–Kier alpha value is -3.30. The van der Waals surface area contributed by atoms with E-state index in [0.717, 1.165) is 33.4 Å². The van der Waals surface area contributed by atoms with Gasteiger partial charge in [0, 0.05) is 22.6 Å². The second-order valence-electron chi connectivity index (χ2n) is 7.11. The zero-order valence-electron chi connectivity index (χ0n) is 16.0. The standard InChI is InChI=1S/C25H20ClNO2/c1-17-13-21(11-12-24(17)26)23-15-22(25(28)27(29)16-23)14-18-7-9-20(10-8-18)19-5-3-2-4-6-19/h2-13,15-16,29H,14H2,1H3. The Morgan fingerprint density at radius 2 is 1.48 bits per heavy atom. The Bertz CT molecular complexity index is 1210. The molecule has 0 aliphatic carbocycles. The lowest BCUT2D eigenvalue weighted by Crippen LogP contribution is -2.21. The SMILES string of the molecule is Cc1cc(-c2cc(Cc3ccc(-c4ccccc4)cc3)c(=O)n(O)c2)ccc1Cl. The lowest BCUT2D eigenvalue weighted by Gasteiger charge is -2.10. The predicted molar refractivity (Wildman–Crippen MR) is 118 cm³/mol. The zero-order chi connectivity index (χ0) is 20.4. The van der Waals surface area contributed by atoms with Gasteiger partial charge in [-0.1, -0.05) is 72.3 Å². The van der Waals surface area contributed by atoms with Gasteiger partial charge in [-0.25, -0.2) is 0 Å². The maximum absolute atomic E-state index is 12.5. The van der Waals surface area contributed by atoms with Crippen LogP contribution in [0.3, 0.4) is 0 Å². The van der Waals surface area contributed by atoms with E-state index >= 15 is 0 Å². The van der Waals surface area contributed by atoms with Crippen LogP contribution >= 0.6 is 11.6 Å². The molecule has 0 fully saturated rings. The largest absolute Gasteiger partial charge is 0.425 e. The second-order valence-corrected chi connectivity index (χ2v) is 7.51. The summed E-state index contributed by atoms with van der Waals surface area (Å²) in [5, 5.41) is 10.8. The van der Waals surface area contributed by atoms with E-state index in [2.05, 4.69) is 24.3 Å². The summed E-state index contributed by atoms with van der Waals surface area (Å²) in [6, 6.07) is 25.8. The van der Waals surface area contributed by atoms with Gasteiger partial charge in [0.15, 0.2) is 0 Å². The van der Waals surface area contributed by atoms with Crippen LogP contribution in [0.5, 0.6) is 0 Å². The molecule has 4 heteroatoms. The van der Waals surface area contributed by atoms with Crippen LogP contribution in [-0.2, 0) is 6.42 Å². The van der Waals surface area contributed by atoms with Crippen LogP contribution in [0.4, 0.5) is 0 Å². The molecule has 4 aromatic rings. The highest BCUT2D eigenvalue weighted by atomic mass is 35.5. The van der Waals surface area contributed by atoms with E-state index in [9.17, 15) is 10.0 Å². The minimum atomic E-state index is -0.411. The van der Waals surface area contributed by atoms with Gasteiger partial charge < -0.3 is 5.21 Å². The number of nitrogens with zero attached hydrogens (tertiary/aromatic N) is 1. The highest BCUT2D eigenvalue weighted by Crippen LogP contribution is 2.25. The number of hydrogen-bond donors (Lipinski definition) is 1. The van der Waals surface area contributed by atoms with Gasteiger partial charge >= 0.3 is 0 Å².